The molecule has 0 fully saturated rings. The van der Waals surface area contributed by atoms with Crippen LogP contribution in [0.2, 0.25) is 0 Å². The zero-order chi connectivity index (χ0) is 16.8. The maximum absolute atomic E-state index is 13.5. The second-order valence-corrected chi connectivity index (χ2v) is 5.46. The van der Waals surface area contributed by atoms with Gasteiger partial charge in [0.1, 0.15) is 18.2 Å². The van der Waals surface area contributed by atoms with Gasteiger partial charge in [0.05, 0.1) is 0 Å². The van der Waals surface area contributed by atoms with Crippen LogP contribution in [0, 0.1) is 12.7 Å². The molecule has 0 aliphatic heterocycles. The Hall–Kier alpha value is -2.95. The lowest BCUT2D eigenvalue weighted by molar-refractivity contribution is 0.300. The molecule has 1 heterocycles. The summed E-state index contributed by atoms with van der Waals surface area (Å²) in [7, 11) is 0. The van der Waals surface area contributed by atoms with Crippen molar-refractivity contribution in [3.05, 3.63) is 83.4 Å². The molecule has 1 N–H and O–H groups in total. The minimum absolute atomic E-state index is 0.210. The van der Waals surface area contributed by atoms with E-state index in [1.807, 2.05) is 31.2 Å². The van der Waals surface area contributed by atoms with Crippen molar-refractivity contribution in [2.45, 2.75) is 20.1 Å². The maximum atomic E-state index is 13.5. The summed E-state index contributed by atoms with van der Waals surface area (Å²) in [5, 5.41) is 3.16. The lowest BCUT2D eigenvalue weighted by atomic mass is 10.2. The minimum atomic E-state index is -0.253. The van der Waals surface area contributed by atoms with E-state index >= 15 is 0 Å². The highest BCUT2D eigenvalue weighted by Crippen LogP contribution is 2.16. The van der Waals surface area contributed by atoms with Crippen molar-refractivity contribution in [3.8, 4) is 5.75 Å². The minimum Gasteiger partial charge on any atom is -0.489 e. The highest BCUT2D eigenvalue weighted by molar-refractivity contribution is 5.31. The molecule has 0 bridgehead atoms. The molecule has 3 aromatic rings. The smallest absolute Gasteiger partial charge is 0.222 e. The van der Waals surface area contributed by atoms with E-state index in [0.717, 1.165) is 11.1 Å². The molecule has 0 amide bonds. The Balaban J connectivity index is 1.53. The third-order valence-electron chi connectivity index (χ3n) is 3.51. The molecule has 5 heteroatoms. The Morgan fingerprint density at radius 2 is 1.71 bits per heavy atom. The van der Waals surface area contributed by atoms with E-state index in [0.29, 0.717) is 23.8 Å². The molecule has 0 unspecified atom stereocenters. The zero-order valence-electron chi connectivity index (χ0n) is 13.4. The Morgan fingerprint density at radius 1 is 1.00 bits per heavy atom. The first-order valence-electron chi connectivity index (χ1n) is 7.68. The van der Waals surface area contributed by atoms with Crippen LogP contribution in [0.15, 0.2) is 60.9 Å². The van der Waals surface area contributed by atoms with Crippen LogP contribution in [-0.2, 0) is 13.2 Å². The predicted octanol–water partition coefficient (Wildman–Crippen LogP) is 4.12. The fraction of sp³-hybridized carbons (Fsp3) is 0.158. The van der Waals surface area contributed by atoms with Crippen molar-refractivity contribution >= 4 is 5.95 Å². The summed E-state index contributed by atoms with van der Waals surface area (Å²) in [6.07, 6.45) is 3.55. The number of hydrogen-bond donors (Lipinski definition) is 1. The van der Waals surface area contributed by atoms with E-state index in [2.05, 4.69) is 15.3 Å². The van der Waals surface area contributed by atoms with Gasteiger partial charge >= 0.3 is 0 Å². The average Bonchev–Trinajstić information content (AvgIpc) is 2.61. The Kier molecular flexibility index (Phi) is 5.01. The number of nitrogens with one attached hydrogen (secondary N) is 1. The third-order valence-corrected chi connectivity index (χ3v) is 3.51. The van der Waals surface area contributed by atoms with Crippen LogP contribution < -0.4 is 10.1 Å². The number of halogens is 1. The molecule has 0 spiro atoms. The number of rotatable bonds is 6. The Labute approximate surface area is 140 Å². The first-order valence-corrected chi connectivity index (χ1v) is 7.68. The maximum Gasteiger partial charge on any atom is 0.222 e. The van der Waals surface area contributed by atoms with Crippen LogP contribution in [0.3, 0.4) is 0 Å². The molecule has 0 atom stereocenters. The average molecular weight is 323 g/mol. The van der Waals surface area contributed by atoms with Gasteiger partial charge in [-0.25, -0.2) is 14.4 Å². The van der Waals surface area contributed by atoms with Crippen LogP contribution in [0.4, 0.5) is 10.3 Å². The van der Waals surface area contributed by atoms with Crippen molar-refractivity contribution in [2.75, 3.05) is 5.32 Å². The van der Waals surface area contributed by atoms with Gasteiger partial charge in [-0.3, -0.25) is 0 Å². The van der Waals surface area contributed by atoms with Crippen molar-refractivity contribution in [3.63, 3.8) is 0 Å². The van der Waals surface area contributed by atoms with Gasteiger partial charge in [-0.2, -0.15) is 0 Å². The van der Waals surface area contributed by atoms with E-state index in [1.165, 1.54) is 6.07 Å². The van der Waals surface area contributed by atoms with Crippen LogP contribution in [0.1, 0.15) is 16.7 Å². The highest BCUT2D eigenvalue weighted by Gasteiger charge is 2.02. The quantitative estimate of drug-likeness (QED) is 0.741. The third kappa shape index (κ3) is 4.29. The van der Waals surface area contributed by atoms with Gasteiger partial charge in [-0.15, -0.1) is 0 Å². The van der Waals surface area contributed by atoms with Crippen molar-refractivity contribution in [1.29, 1.82) is 0 Å². The van der Waals surface area contributed by atoms with Gasteiger partial charge in [0.2, 0.25) is 5.95 Å². The van der Waals surface area contributed by atoms with Crippen molar-refractivity contribution < 1.29 is 9.13 Å². The van der Waals surface area contributed by atoms with Crippen LogP contribution in [0.5, 0.6) is 5.75 Å². The summed E-state index contributed by atoms with van der Waals surface area (Å²) in [5.41, 5.74) is 2.65. The fourth-order valence-electron chi connectivity index (χ4n) is 2.15. The van der Waals surface area contributed by atoms with Crippen molar-refractivity contribution in [2.24, 2.45) is 0 Å². The summed E-state index contributed by atoms with van der Waals surface area (Å²) in [5.74, 6) is 1.05. The van der Waals surface area contributed by atoms with E-state index in [-0.39, 0.29) is 12.4 Å². The van der Waals surface area contributed by atoms with Gasteiger partial charge < -0.3 is 10.1 Å². The molecule has 3 rings (SSSR count). The van der Waals surface area contributed by atoms with Gasteiger partial charge in [-0.1, -0.05) is 30.3 Å². The number of nitrogens with zero attached hydrogens (tertiary/aromatic N) is 2. The normalized spacial score (nSPS) is 10.4. The predicted molar refractivity (Wildman–Crippen MR) is 91.3 cm³/mol. The standard InChI is InChI=1S/C19H18FN3O/c1-14-10-21-19(22-11-14)23-12-15-6-8-17(9-7-15)24-13-16-4-2-3-5-18(16)20/h2-11H,12-13H2,1H3,(H,21,22,23). The summed E-state index contributed by atoms with van der Waals surface area (Å²) in [4.78, 5) is 8.40. The summed E-state index contributed by atoms with van der Waals surface area (Å²) in [6, 6.07) is 14.3. The Bertz CT molecular complexity index is 788. The van der Waals surface area contributed by atoms with E-state index in [1.54, 1.807) is 30.6 Å². The molecule has 4 nitrogen and oxygen atoms in total. The summed E-state index contributed by atoms with van der Waals surface area (Å²) in [6.45, 7) is 2.78. The summed E-state index contributed by atoms with van der Waals surface area (Å²) < 4.78 is 19.2. The first-order chi connectivity index (χ1) is 11.7. The molecule has 122 valence electrons. The molecule has 0 aliphatic carbocycles. The monoisotopic (exact) mass is 323 g/mol. The lowest BCUT2D eigenvalue weighted by Crippen LogP contribution is -2.03. The largest absolute Gasteiger partial charge is 0.489 e. The Morgan fingerprint density at radius 3 is 2.42 bits per heavy atom. The second-order valence-electron chi connectivity index (χ2n) is 5.46. The summed E-state index contributed by atoms with van der Waals surface area (Å²) >= 11 is 0. The molecule has 1 aromatic heterocycles. The van der Waals surface area contributed by atoms with Crippen LogP contribution in [-0.4, -0.2) is 9.97 Å². The molecule has 0 radical (unpaired) electrons. The second kappa shape index (κ2) is 7.55. The number of anilines is 1. The number of hydrogen-bond acceptors (Lipinski definition) is 4. The van der Waals surface area contributed by atoms with Gasteiger partial charge in [0, 0.05) is 24.5 Å². The highest BCUT2D eigenvalue weighted by atomic mass is 19.1. The van der Waals surface area contributed by atoms with Gasteiger partial charge in [-0.05, 0) is 36.2 Å². The topological polar surface area (TPSA) is 47.0 Å². The first kappa shape index (κ1) is 15.9. The molecule has 0 saturated heterocycles. The van der Waals surface area contributed by atoms with Crippen LogP contribution >= 0.6 is 0 Å². The van der Waals surface area contributed by atoms with Gasteiger partial charge in [0.15, 0.2) is 0 Å². The number of aryl methyl sites for hydroxylation is 1. The molecular weight excluding hydrogens is 305 g/mol. The molecule has 2 aromatic carbocycles. The van der Waals surface area contributed by atoms with Crippen LogP contribution in [0.25, 0.3) is 0 Å². The molecule has 0 aliphatic rings. The molecule has 0 saturated carbocycles. The number of aromatic nitrogens is 2. The van der Waals surface area contributed by atoms with E-state index in [4.69, 9.17) is 4.74 Å². The van der Waals surface area contributed by atoms with E-state index in [9.17, 15) is 4.39 Å². The zero-order valence-corrected chi connectivity index (χ0v) is 13.4. The SMILES string of the molecule is Cc1cnc(NCc2ccc(OCc3ccccc3F)cc2)nc1. The van der Waals surface area contributed by atoms with Crippen molar-refractivity contribution in [1.82, 2.24) is 9.97 Å². The van der Waals surface area contributed by atoms with E-state index < -0.39 is 0 Å². The number of ether oxygens (including phenoxy) is 1. The fourth-order valence-corrected chi connectivity index (χ4v) is 2.15. The number of benzene rings is 2. The van der Waals surface area contributed by atoms with Gasteiger partial charge in [0.25, 0.3) is 0 Å². The lowest BCUT2D eigenvalue weighted by Gasteiger charge is -2.09. The molecule has 24 heavy (non-hydrogen) atoms. The molecular formula is C19H18FN3O.